The van der Waals surface area contributed by atoms with Gasteiger partial charge in [-0.15, -0.1) is 0 Å². The van der Waals surface area contributed by atoms with Gasteiger partial charge in [0, 0.05) is 13.1 Å². The Kier molecular flexibility index (Phi) is 5.63. The number of hydrogen-bond acceptors (Lipinski definition) is 3. The quantitative estimate of drug-likeness (QED) is 0.868. The van der Waals surface area contributed by atoms with Crippen LogP contribution >= 0.6 is 0 Å². The van der Waals surface area contributed by atoms with E-state index in [1.165, 1.54) is 0 Å². The van der Waals surface area contributed by atoms with Crippen LogP contribution in [0.15, 0.2) is 24.3 Å². The molecule has 0 spiro atoms. The maximum absolute atomic E-state index is 10.5. The smallest absolute Gasteiger partial charge is 0.115 e. The van der Waals surface area contributed by atoms with Crippen LogP contribution < -0.4 is 0 Å². The predicted molar refractivity (Wildman–Crippen MR) is 74.7 cm³/mol. The van der Waals surface area contributed by atoms with Crippen LogP contribution in [0, 0.1) is 0 Å². The minimum Gasteiger partial charge on any atom is -0.508 e. The third kappa shape index (κ3) is 3.47. The molecular weight excluding hydrogens is 226 g/mol. The second-order valence-corrected chi connectivity index (χ2v) is 4.61. The summed E-state index contributed by atoms with van der Waals surface area (Å²) >= 11 is 0. The number of β-amino-alcohol motifs (C(OH)–C–C–N with tert-alkyl or cyclic N) is 1. The lowest BCUT2D eigenvalue weighted by Gasteiger charge is -2.24. The van der Waals surface area contributed by atoms with E-state index in [2.05, 4.69) is 11.8 Å². The lowest BCUT2D eigenvalue weighted by molar-refractivity contribution is 0.0459. The number of nitrogens with zero attached hydrogens (tertiary/aromatic N) is 1. The molecule has 0 aromatic heterocycles. The van der Waals surface area contributed by atoms with Crippen molar-refractivity contribution in [3.05, 3.63) is 29.8 Å². The third-order valence-electron chi connectivity index (χ3n) is 3.25. The Morgan fingerprint density at radius 2 is 2.06 bits per heavy atom. The molecule has 2 N–H and O–H groups in total. The molecule has 1 saturated heterocycles. The molecule has 3 nitrogen and oxygen atoms in total. The van der Waals surface area contributed by atoms with Crippen molar-refractivity contribution < 1.29 is 10.2 Å². The second-order valence-electron chi connectivity index (χ2n) is 4.61. The van der Waals surface area contributed by atoms with Gasteiger partial charge in [-0.3, -0.25) is 0 Å². The monoisotopic (exact) mass is 251 g/mol. The summed E-state index contributed by atoms with van der Waals surface area (Å²) in [4.78, 5) is 2.27. The van der Waals surface area contributed by atoms with E-state index >= 15 is 0 Å². The highest BCUT2D eigenvalue weighted by molar-refractivity contribution is 5.32. The molecule has 1 fully saturated rings. The van der Waals surface area contributed by atoms with Crippen molar-refractivity contribution in [3.63, 3.8) is 0 Å². The standard InChI is InChI=1S/C13H19NO2.C2H6/c1-2-7-14-8-6-13(16,10-14)11-4-3-5-12(15)9-11;1-2/h3-5,9,15-16H,2,6-8,10H2,1H3;1-2H3. The number of likely N-dealkylation sites (tertiary alicyclic amines) is 1. The van der Waals surface area contributed by atoms with Gasteiger partial charge in [0.25, 0.3) is 0 Å². The number of benzene rings is 1. The van der Waals surface area contributed by atoms with E-state index in [0.717, 1.165) is 31.5 Å². The van der Waals surface area contributed by atoms with Crippen molar-refractivity contribution >= 4 is 0 Å². The summed E-state index contributed by atoms with van der Waals surface area (Å²) in [5.74, 6) is 0.222. The molecule has 18 heavy (non-hydrogen) atoms. The van der Waals surface area contributed by atoms with Gasteiger partial charge in [-0.25, -0.2) is 0 Å². The highest BCUT2D eigenvalue weighted by Gasteiger charge is 2.37. The van der Waals surface area contributed by atoms with Gasteiger partial charge in [0.1, 0.15) is 11.4 Å². The topological polar surface area (TPSA) is 43.7 Å². The molecule has 1 aromatic carbocycles. The van der Waals surface area contributed by atoms with Crippen LogP contribution in [0.4, 0.5) is 0 Å². The molecule has 1 aliphatic rings. The molecule has 0 bridgehead atoms. The number of phenols is 1. The minimum absolute atomic E-state index is 0.222. The maximum Gasteiger partial charge on any atom is 0.115 e. The summed E-state index contributed by atoms with van der Waals surface area (Å²) in [5.41, 5.74) is 0.0413. The molecule has 102 valence electrons. The number of aliphatic hydroxyl groups is 1. The van der Waals surface area contributed by atoms with Gasteiger partial charge >= 0.3 is 0 Å². The first-order valence-corrected chi connectivity index (χ1v) is 6.88. The predicted octanol–water partition coefficient (Wildman–Crippen LogP) is 2.72. The van der Waals surface area contributed by atoms with Crippen LogP contribution in [0.2, 0.25) is 0 Å². The summed E-state index contributed by atoms with van der Waals surface area (Å²) in [6.07, 6.45) is 1.85. The first-order valence-electron chi connectivity index (χ1n) is 6.88. The molecule has 1 unspecified atom stereocenters. The number of aromatic hydroxyl groups is 1. The van der Waals surface area contributed by atoms with Gasteiger partial charge in [-0.2, -0.15) is 0 Å². The number of hydrogen-bond donors (Lipinski definition) is 2. The van der Waals surface area contributed by atoms with Crippen LogP contribution in [-0.2, 0) is 5.60 Å². The molecule has 1 heterocycles. The Balaban J connectivity index is 0.000000771. The van der Waals surface area contributed by atoms with Crippen LogP contribution in [-0.4, -0.2) is 34.7 Å². The van der Waals surface area contributed by atoms with Gasteiger partial charge < -0.3 is 15.1 Å². The first-order chi connectivity index (χ1) is 8.64. The van der Waals surface area contributed by atoms with E-state index in [1.807, 2.05) is 19.9 Å². The van der Waals surface area contributed by atoms with E-state index in [-0.39, 0.29) is 5.75 Å². The van der Waals surface area contributed by atoms with Crippen LogP contribution in [0.25, 0.3) is 0 Å². The van der Waals surface area contributed by atoms with Gasteiger partial charge in [-0.1, -0.05) is 32.9 Å². The SMILES string of the molecule is CC.CCCN1CCC(O)(c2cccc(O)c2)C1. The van der Waals surface area contributed by atoms with Crippen molar-refractivity contribution in [1.82, 2.24) is 4.90 Å². The largest absolute Gasteiger partial charge is 0.508 e. The lowest BCUT2D eigenvalue weighted by atomic mass is 9.93. The molecule has 1 aromatic rings. The minimum atomic E-state index is -0.784. The van der Waals surface area contributed by atoms with Gasteiger partial charge in [0.05, 0.1) is 0 Å². The third-order valence-corrected chi connectivity index (χ3v) is 3.25. The molecule has 2 rings (SSSR count). The average Bonchev–Trinajstić information content (AvgIpc) is 2.76. The molecule has 1 atom stereocenters. The van der Waals surface area contributed by atoms with Crippen LogP contribution in [0.1, 0.15) is 39.2 Å². The molecule has 3 heteroatoms. The Morgan fingerprint density at radius 3 is 2.67 bits per heavy atom. The van der Waals surface area contributed by atoms with Gasteiger partial charge in [-0.05, 0) is 37.1 Å². The summed E-state index contributed by atoms with van der Waals surface area (Å²) in [6.45, 7) is 8.77. The van der Waals surface area contributed by atoms with Crippen molar-refractivity contribution in [1.29, 1.82) is 0 Å². The van der Waals surface area contributed by atoms with E-state index < -0.39 is 5.60 Å². The number of rotatable bonds is 3. The van der Waals surface area contributed by atoms with E-state index in [1.54, 1.807) is 18.2 Å². The van der Waals surface area contributed by atoms with E-state index in [9.17, 15) is 10.2 Å². The fraction of sp³-hybridized carbons (Fsp3) is 0.600. The fourth-order valence-electron chi connectivity index (χ4n) is 2.41. The zero-order valence-corrected chi connectivity index (χ0v) is 11.7. The van der Waals surface area contributed by atoms with Gasteiger partial charge in [0.15, 0.2) is 0 Å². The van der Waals surface area contributed by atoms with Crippen molar-refractivity contribution in [3.8, 4) is 5.75 Å². The highest BCUT2D eigenvalue weighted by Crippen LogP contribution is 2.33. The fourth-order valence-corrected chi connectivity index (χ4v) is 2.41. The molecule has 0 saturated carbocycles. The van der Waals surface area contributed by atoms with Crippen molar-refractivity contribution in [2.75, 3.05) is 19.6 Å². The summed E-state index contributed by atoms with van der Waals surface area (Å²) in [6, 6.07) is 6.96. The zero-order valence-electron chi connectivity index (χ0n) is 11.7. The highest BCUT2D eigenvalue weighted by atomic mass is 16.3. The molecule has 0 radical (unpaired) electrons. The Hall–Kier alpha value is -1.06. The van der Waals surface area contributed by atoms with Crippen molar-refractivity contribution in [2.45, 2.75) is 39.2 Å². The second kappa shape index (κ2) is 6.76. The Morgan fingerprint density at radius 1 is 1.33 bits per heavy atom. The first kappa shape index (κ1) is 15.0. The zero-order chi connectivity index (χ0) is 13.6. The molecular formula is C15H25NO2. The molecule has 0 amide bonds. The van der Waals surface area contributed by atoms with Crippen LogP contribution in [0.3, 0.4) is 0 Å². The normalized spacial score (nSPS) is 23.6. The summed E-state index contributed by atoms with van der Waals surface area (Å²) < 4.78 is 0. The van der Waals surface area contributed by atoms with Crippen molar-refractivity contribution in [2.24, 2.45) is 0 Å². The summed E-state index contributed by atoms with van der Waals surface area (Å²) in [7, 11) is 0. The molecule has 0 aliphatic carbocycles. The lowest BCUT2D eigenvalue weighted by Crippen LogP contribution is -2.31. The van der Waals surface area contributed by atoms with Crippen LogP contribution in [0.5, 0.6) is 5.75 Å². The van der Waals surface area contributed by atoms with E-state index in [4.69, 9.17) is 0 Å². The number of phenolic OH excluding ortho intramolecular Hbond substituents is 1. The Labute approximate surface area is 110 Å². The summed E-state index contributed by atoms with van der Waals surface area (Å²) in [5, 5.41) is 20.0. The van der Waals surface area contributed by atoms with Gasteiger partial charge in [0.2, 0.25) is 0 Å². The average molecular weight is 251 g/mol. The van der Waals surface area contributed by atoms with E-state index in [0.29, 0.717) is 6.54 Å². The maximum atomic E-state index is 10.5. The molecule has 1 aliphatic heterocycles. The Bertz CT molecular complexity index is 367.